The molecule has 0 aliphatic rings. The van der Waals surface area contributed by atoms with Crippen molar-refractivity contribution in [1.82, 2.24) is 9.78 Å². The SMILES string of the molecule is CCCCn1nc(C)cc1C(N)=O. The molecule has 0 atom stereocenters. The van der Waals surface area contributed by atoms with Gasteiger partial charge in [-0.05, 0) is 19.4 Å². The monoisotopic (exact) mass is 181 g/mol. The third-order valence-electron chi connectivity index (χ3n) is 1.88. The molecule has 13 heavy (non-hydrogen) atoms. The van der Waals surface area contributed by atoms with E-state index in [-0.39, 0.29) is 0 Å². The molecule has 2 N–H and O–H groups in total. The summed E-state index contributed by atoms with van der Waals surface area (Å²) in [5, 5.41) is 4.19. The predicted molar refractivity (Wildman–Crippen MR) is 50.4 cm³/mol. The molecule has 0 aromatic carbocycles. The molecule has 4 nitrogen and oxygen atoms in total. The second-order valence-corrected chi connectivity index (χ2v) is 3.11. The Bertz CT molecular complexity index is 304. The van der Waals surface area contributed by atoms with Crippen LogP contribution in [-0.2, 0) is 6.54 Å². The van der Waals surface area contributed by atoms with E-state index in [1.165, 1.54) is 0 Å². The normalized spacial score (nSPS) is 10.3. The van der Waals surface area contributed by atoms with Gasteiger partial charge < -0.3 is 5.73 Å². The summed E-state index contributed by atoms with van der Waals surface area (Å²) in [7, 11) is 0. The summed E-state index contributed by atoms with van der Waals surface area (Å²) < 4.78 is 1.68. The van der Waals surface area contributed by atoms with Gasteiger partial charge in [0.1, 0.15) is 5.69 Å². The first-order valence-corrected chi connectivity index (χ1v) is 4.49. The lowest BCUT2D eigenvalue weighted by atomic mass is 10.3. The summed E-state index contributed by atoms with van der Waals surface area (Å²) in [6, 6.07) is 1.72. The van der Waals surface area contributed by atoms with Gasteiger partial charge >= 0.3 is 0 Å². The number of primary amides is 1. The van der Waals surface area contributed by atoms with Crippen molar-refractivity contribution in [2.24, 2.45) is 5.73 Å². The van der Waals surface area contributed by atoms with Crippen molar-refractivity contribution in [3.8, 4) is 0 Å². The number of aryl methyl sites for hydroxylation is 2. The fraction of sp³-hybridized carbons (Fsp3) is 0.556. The fourth-order valence-corrected chi connectivity index (χ4v) is 1.22. The number of unbranched alkanes of at least 4 members (excludes halogenated alkanes) is 1. The second kappa shape index (κ2) is 4.07. The first-order valence-electron chi connectivity index (χ1n) is 4.49. The Morgan fingerprint density at radius 3 is 2.92 bits per heavy atom. The number of nitrogens with two attached hydrogens (primary N) is 1. The standard InChI is InChI=1S/C9H15N3O/c1-3-4-5-12-8(9(10)13)6-7(2)11-12/h6H,3-5H2,1-2H3,(H2,10,13). The van der Waals surface area contributed by atoms with Gasteiger partial charge in [0.05, 0.1) is 5.69 Å². The zero-order valence-corrected chi connectivity index (χ0v) is 8.08. The zero-order valence-electron chi connectivity index (χ0n) is 8.08. The van der Waals surface area contributed by atoms with Crippen molar-refractivity contribution < 1.29 is 4.79 Å². The van der Waals surface area contributed by atoms with Crippen molar-refractivity contribution in [3.05, 3.63) is 17.5 Å². The summed E-state index contributed by atoms with van der Waals surface area (Å²) in [6.45, 7) is 4.72. The third-order valence-corrected chi connectivity index (χ3v) is 1.88. The molecule has 72 valence electrons. The highest BCUT2D eigenvalue weighted by Crippen LogP contribution is 2.04. The Morgan fingerprint density at radius 2 is 2.38 bits per heavy atom. The minimum absolute atomic E-state index is 0.406. The molecule has 1 rings (SSSR count). The van der Waals surface area contributed by atoms with E-state index in [0.29, 0.717) is 5.69 Å². The molecule has 4 heteroatoms. The van der Waals surface area contributed by atoms with Crippen LogP contribution in [0.5, 0.6) is 0 Å². The van der Waals surface area contributed by atoms with E-state index in [4.69, 9.17) is 5.73 Å². The van der Waals surface area contributed by atoms with E-state index in [9.17, 15) is 4.79 Å². The smallest absolute Gasteiger partial charge is 0.266 e. The molecular formula is C9H15N3O. The molecule has 0 fully saturated rings. The van der Waals surface area contributed by atoms with E-state index in [1.807, 2.05) is 6.92 Å². The van der Waals surface area contributed by atoms with Crippen LogP contribution in [-0.4, -0.2) is 15.7 Å². The van der Waals surface area contributed by atoms with Gasteiger partial charge in [0.25, 0.3) is 5.91 Å². The molecular weight excluding hydrogens is 166 g/mol. The number of hydrogen-bond donors (Lipinski definition) is 1. The van der Waals surface area contributed by atoms with Gasteiger partial charge in [-0.25, -0.2) is 0 Å². The van der Waals surface area contributed by atoms with Gasteiger partial charge in [-0.1, -0.05) is 13.3 Å². The zero-order chi connectivity index (χ0) is 9.84. The Kier molecular flexibility index (Phi) is 3.06. The molecule has 0 radical (unpaired) electrons. The van der Waals surface area contributed by atoms with Crippen molar-refractivity contribution in [1.29, 1.82) is 0 Å². The van der Waals surface area contributed by atoms with Crippen LogP contribution >= 0.6 is 0 Å². The molecule has 0 aliphatic heterocycles. The summed E-state index contributed by atoms with van der Waals surface area (Å²) in [4.78, 5) is 11.0. The maximum atomic E-state index is 11.0. The number of carbonyl (C=O) groups excluding carboxylic acids is 1. The minimum atomic E-state index is -0.406. The van der Waals surface area contributed by atoms with Crippen LogP contribution in [0.3, 0.4) is 0 Å². The number of amides is 1. The fourth-order valence-electron chi connectivity index (χ4n) is 1.22. The first-order chi connectivity index (χ1) is 6.15. The lowest BCUT2D eigenvalue weighted by Crippen LogP contribution is -2.17. The molecule has 0 spiro atoms. The highest BCUT2D eigenvalue weighted by atomic mass is 16.1. The van der Waals surface area contributed by atoms with Crippen molar-refractivity contribution in [2.45, 2.75) is 33.2 Å². The maximum absolute atomic E-state index is 11.0. The molecule has 1 aromatic heterocycles. The van der Waals surface area contributed by atoms with Crippen LogP contribution in [0, 0.1) is 6.92 Å². The third kappa shape index (κ3) is 2.31. The van der Waals surface area contributed by atoms with Gasteiger partial charge in [0.15, 0.2) is 0 Å². The number of nitrogens with zero attached hydrogens (tertiary/aromatic N) is 2. The largest absolute Gasteiger partial charge is 0.364 e. The van der Waals surface area contributed by atoms with Gasteiger partial charge in [0.2, 0.25) is 0 Å². The quantitative estimate of drug-likeness (QED) is 0.755. The Balaban J connectivity index is 2.84. The molecule has 0 saturated carbocycles. The van der Waals surface area contributed by atoms with E-state index < -0.39 is 5.91 Å². The van der Waals surface area contributed by atoms with E-state index in [2.05, 4.69) is 12.0 Å². The highest BCUT2D eigenvalue weighted by molar-refractivity contribution is 5.91. The first kappa shape index (κ1) is 9.77. The maximum Gasteiger partial charge on any atom is 0.266 e. The molecule has 0 aliphatic carbocycles. The van der Waals surface area contributed by atoms with E-state index in [0.717, 1.165) is 25.1 Å². The van der Waals surface area contributed by atoms with Gasteiger partial charge in [-0.3, -0.25) is 9.48 Å². The molecule has 0 unspecified atom stereocenters. The second-order valence-electron chi connectivity index (χ2n) is 3.11. The Morgan fingerprint density at radius 1 is 1.69 bits per heavy atom. The minimum Gasteiger partial charge on any atom is -0.364 e. The molecule has 1 heterocycles. The number of aromatic nitrogens is 2. The number of rotatable bonds is 4. The highest BCUT2D eigenvalue weighted by Gasteiger charge is 2.09. The topological polar surface area (TPSA) is 60.9 Å². The van der Waals surface area contributed by atoms with Crippen LogP contribution in [0.2, 0.25) is 0 Å². The Labute approximate surface area is 77.7 Å². The van der Waals surface area contributed by atoms with Gasteiger partial charge in [-0.15, -0.1) is 0 Å². The molecule has 0 bridgehead atoms. The average molecular weight is 181 g/mol. The van der Waals surface area contributed by atoms with Crippen LogP contribution in [0.25, 0.3) is 0 Å². The van der Waals surface area contributed by atoms with E-state index in [1.54, 1.807) is 10.7 Å². The molecule has 0 saturated heterocycles. The van der Waals surface area contributed by atoms with Crippen molar-refractivity contribution in [2.75, 3.05) is 0 Å². The van der Waals surface area contributed by atoms with Crippen LogP contribution < -0.4 is 5.73 Å². The Hall–Kier alpha value is -1.32. The summed E-state index contributed by atoms with van der Waals surface area (Å²) in [5.41, 5.74) is 6.54. The van der Waals surface area contributed by atoms with Crippen molar-refractivity contribution >= 4 is 5.91 Å². The van der Waals surface area contributed by atoms with Crippen molar-refractivity contribution in [3.63, 3.8) is 0 Å². The number of carbonyl (C=O) groups is 1. The summed E-state index contributed by atoms with van der Waals surface area (Å²) in [5.74, 6) is -0.406. The lowest BCUT2D eigenvalue weighted by Gasteiger charge is -2.02. The van der Waals surface area contributed by atoms with Crippen LogP contribution in [0.1, 0.15) is 35.9 Å². The summed E-state index contributed by atoms with van der Waals surface area (Å²) >= 11 is 0. The lowest BCUT2D eigenvalue weighted by molar-refractivity contribution is 0.0989. The average Bonchev–Trinajstić information content (AvgIpc) is 2.43. The van der Waals surface area contributed by atoms with Crippen LogP contribution in [0.4, 0.5) is 0 Å². The summed E-state index contributed by atoms with van der Waals surface area (Å²) in [6.07, 6.45) is 2.10. The number of hydrogen-bond acceptors (Lipinski definition) is 2. The van der Waals surface area contributed by atoms with Gasteiger partial charge in [0, 0.05) is 6.54 Å². The molecule has 1 aromatic rings. The predicted octanol–water partition coefficient (Wildman–Crippen LogP) is 1.09. The molecule has 1 amide bonds. The van der Waals surface area contributed by atoms with Gasteiger partial charge in [-0.2, -0.15) is 5.10 Å². The van der Waals surface area contributed by atoms with Crippen LogP contribution in [0.15, 0.2) is 6.07 Å². The van der Waals surface area contributed by atoms with E-state index >= 15 is 0 Å².